The topological polar surface area (TPSA) is 108 Å². The summed E-state index contributed by atoms with van der Waals surface area (Å²) in [5, 5.41) is 0. The molecule has 4 N–H and O–H groups in total. The van der Waals surface area contributed by atoms with Gasteiger partial charge in [-0.25, -0.2) is 9.79 Å². The molecule has 1 aromatic rings. The highest BCUT2D eigenvalue weighted by molar-refractivity contribution is 5.87. The zero-order valence-corrected chi connectivity index (χ0v) is 9.52. The van der Waals surface area contributed by atoms with Crippen molar-refractivity contribution in [2.24, 2.45) is 24.8 Å². The largest absolute Gasteiger partial charge is 0.391 e. The lowest BCUT2D eigenvalue weighted by atomic mass is 10.4. The van der Waals surface area contributed by atoms with Gasteiger partial charge in [-0.05, 0) is 6.92 Å². The van der Waals surface area contributed by atoms with Gasteiger partial charge in [0.05, 0.1) is 0 Å². The zero-order chi connectivity index (χ0) is 12.5. The quantitative estimate of drug-likeness (QED) is 0.611. The first-order valence-corrected chi connectivity index (χ1v) is 4.69. The molecular formula is C9H15N5O2. The lowest BCUT2D eigenvalue weighted by Gasteiger charge is -2.09. The third-order valence-corrected chi connectivity index (χ3v) is 2.26. The van der Waals surface area contributed by atoms with Crippen molar-refractivity contribution in [3.8, 4) is 0 Å². The summed E-state index contributed by atoms with van der Waals surface area (Å²) in [6.07, 6.45) is 0. The van der Waals surface area contributed by atoms with Crippen LogP contribution in [0.15, 0.2) is 14.6 Å². The predicted octanol–water partition coefficient (Wildman–Crippen LogP) is -1.28. The van der Waals surface area contributed by atoms with Gasteiger partial charge >= 0.3 is 5.69 Å². The van der Waals surface area contributed by atoms with Crippen LogP contribution in [0.25, 0.3) is 0 Å². The van der Waals surface area contributed by atoms with E-state index in [-0.39, 0.29) is 18.1 Å². The monoisotopic (exact) mass is 225 g/mol. The summed E-state index contributed by atoms with van der Waals surface area (Å²) >= 11 is 0. The zero-order valence-electron chi connectivity index (χ0n) is 9.52. The maximum atomic E-state index is 11.6. The number of aromatic nitrogens is 2. The first kappa shape index (κ1) is 12.2. The summed E-state index contributed by atoms with van der Waals surface area (Å²) in [7, 11) is 2.87. The van der Waals surface area contributed by atoms with Crippen molar-refractivity contribution in [1.29, 1.82) is 0 Å². The number of hydrogen-bond acceptors (Lipinski definition) is 5. The molecule has 16 heavy (non-hydrogen) atoms. The number of nitrogens with two attached hydrogens (primary N) is 2. The van der Waals surface area contributed by atoms with Crippen LogP contribution in [0.2, 0.25) is 0 Å². The Morgan fingerprint density at radius 1 is 1.31 bits per heavy atom. The number of nitrogens with zero attached hydrogens (tertiary/aromatic N) is 3. The highest BCUT2D eigenvalue weighted by Gasteiger charge is 2.11. The first-order valence-electron chi connectivity index (χ1n) is 4.69. The normalized spacial score (nSPS) is 11.9. The second-order valence-corrected chi connectivity index (χ2v) is 3.49. The van der Waals surface area contributed by atoms with Crippen LogP contribution in [0.1, 0.15) is 6.92 Å². The smallest absolute Gasteiger partial charge is 0.332 e. The Bertz CT molecular complexity index is 515. The van der Waals surface area contributed by atoms with E-state index in [1.54, 1.807) is 6.92 Å². The molecule has 0 saturated heterocycles. The van der Waals surface area contributed by atoms with Gasteiger partial charge in [0.15, 0.2) is 5.82 Å². The van der Waals surface area contributed by atoms with Gasteiger partial charge in [0.2, 0.25) is 0 Å². The van der Waals surface area contributed by atoms with Gasteiger partial charge in [-0.15, -0.1) is 0 Å². The van der Waals surface area contributed by atoms with Gasteiger partial charge in [0.1, 0.15) is 5.69 Å². The van der Waals surface area contributed by atoms with Crippen molar-refractivity contribution in [3.05, 3.63) is 20.8 Å². The molecule has 0 saturated carbocycles. The molecule has 0 atom stereocenters. The van der Waals surface area contributed by atoms with E-state index in [0.717, 1.165) is 4.57 Å². The fraction of sp³-hybridized carbons (Fsp3) is 0.444. The number of aliphatic imine (C=N–C) groups is 1. The molecule has 0 amide bonds. The molecule has 0 radical (unpaired) electrons. The molecule has 1 aromatic heterocycles. The molecule has 0 spiro atoms. The van der Waals surface area contributed by atoms with E-state index in [2.05, 4.69) is 4.99 Å². The maximum absolute atomic E-state index is 11.6. The van der Waals surface area contributed by atoms with Crippen LogP contribution in [-0.2, 0) is 14.1 Å². The van der Waals surface area contributed by atoms with Gasteiger partial charge in [-0.3, -0.25) is 13.9 Å². The minimum absolute atomic E-state index is 0.0580. The number of rotatable bonds is 2. The average Bonchev–Trinajstić information content (AvgIpc) is 2.29. The molecule has 7 nitrogen and oxygen atoms in total. The molecule has 0 bridgehead atoms. The van der Waals surface area contributed by atoms with Crippen LogP contribution < -0.4 is 22.7 Å². The molecule has 0 aliphatic rings. The molecule has 0 unspecified atom stereocenters. The lowest BCUT2D eigenvalue weighted by Crippen LogP contribution is -2.38. The van der Waals surface area contributed by atoms with E-state index in [1.807, 2.05) is 0 Å². The van der Waals surface area contributed by atoms with Crippen molar-refractivity contribution < 1.29 is 0 Å². The number of nitrogen functional groups attached to an aromatic ring is 1. The van der Waals surface area contributed by atoms with Gasteiger partial charge in [-0.2, -0.15) is 0 Å². The average molecular weight is 225 g/mol. The van der Waals surface area contributed by atoms with E-state index in [0.29, 0.717) is 5.71 Å². The molecule has 0 aliphatic carbocycles. The van der Waals surface area contributed by atoms with E-state index in [4.69, 9.17) is 11.5 Å². The Hall–Kier alpha value is -1.89. The van der Waals surface area contributed by atoms with Gasteiger partial charge in [-0.1, -0.05) is 0 Å². The van der Waals surface area contributed by atoms with Crippen LogP contribution in [0.4, 0.5) is 11.5 Å². The lowest BCUT2D eigenvalue weighted by molar-refractivity contribution is 0.692. The third kappa shape index (κ3) is 1.89. The molecule has 0 fully saturated rings. The summed E-state index contributed by atoms with van der Waals surface area (Å²) < 4.78 is 2.15. The van der Waals surface area contributed by atoms with Crippen molar-refractivity contribution >= 4 is 17.2 Å². The predicted molar refractivity (Wildman–Crippen MR) is 63.2 cm³/mol. The SMILES string of the molecule is CC(CN)=Nc1c(N)c(=O)n(C)c(=O)n1C. The Morgan fingerprint density at radius 3 is 2.38 bits per heavy atom. The maximum Gasteiger partial charge on any atom is 0.332 e. The van der Waals surface area contributed by atoms with Crippen molar-refractivity contribution in [1.82, 2.24) is 9.13 Å². The molecule has 88 valence electrons. The summed E-state index contributed by atoms with van der Waals surface area (Å²) in [6.45, 7) is 1.93. The second-order valence-electron chi connectivity index (χ2n) is 3.49. The summed E-state index contributed by atoms with van der Waals surface area (Å²) in [5.74, 6) is 0.149. The summed E-state index contributed by atoms with van der Waals surface area (Å²) in [4.78, 5) is 27.2. The van der Waals surface area contributed by atoms with E-state index >= 15 is 0 Å². The van der Waals surface area contributed by atoms with Gasteiger partial charge in [0, 0.05) is 26.4 Å². The highest BCUT2D eigenvalue weighted by Crippen LogP contribution is 2.14. The summed E-state index contributed by atoms with van der Waals surface area (Å²) in [6, 6.07) is 0. The Labute approximate surface area is 92.0 Å². The molecule has 0 aliphatic heterocycles. The van der Waals surface area contributed by atoms with Gasteiger partial charge in [0.25, 0.3) is 5.56 Å². The van der Waals surface area contributed by atoms with Crippen LogP contribution >= 0.6 is 0 Å². The molecule has 1 rings (SSSR count). The van der Waals surface area contributed by atoms with E-state index in [1.165, 1.54) is 18.7 Å². The van der Waals surface area contributed by atoms with Crippen LogP contribution in [0.3, 0.4) is 0 Å². The van der Waals surface area contributed by atoms with Crippen molar-refractivity contribution in [3.63, 3.8) is 0 Å². The Morgan fingerprint density at radius 2 is 1.88 bits per heavy atom. The second kappa shape index (κ2) is 4.31. The molecular weight excluding hydrogens is 210 g/mol. The van der Waals surface area contributed by atoms with Crippen LogP contribution in [0, 0.1) is 0 Å². The fourth-order valence-corrected chi connectivity index (χ4v) is 1.22. The fourth-order valence-electron chi connectivity index (χ4n) is 1.22. The van der Waals surface area contributed by atoms with Gasteiger partial charge < -0.3 is 11.5 Å². The summed E-state index contributed by atoms with van der Waals surface area (Å²) in [5.41, 5.74) is 10.5. The van der Waals surface area contributed by atoms with Crippen LogP contribution in [-0.4, -0.2) is 21.4 Å². The number of anilines is 1. The van der Waals surface area contributed by atoms with Crippen LogP contribution in [0.5, 0.6) is 0 Å². The van der Waals surface area contributed by atoms with E-state index < -0.39 is 11.2 Å². The minimum Gasteiger partial charge on any atom is -0.391 e. The number of hydrogen-bond donors (Lipinski definition) is 2. The Balaban J connectivity index is 3.66. The molecule has 1 heterocycles. The van der Waals surface area contributed by atoms with Crippen molar-refractivity contribution in [2.75, 3.05) is 12.3 Å². The third-order valence-electron chi connectivity index (χ3n) is 2.26. The van der Waals surface area contributed by atoms with Crippen molar-refractivity contribution in [2.45, 2.75) is 6.92 Å². The standard InChI is InChI=1S/C9H15N5O2/c1-5(4-10)12-7-6(11)8(15)14(3)9(16)13(7)2/h4,10-11H2,1-3H3. The van der Waals surface area contributed by atoms with E-state index in [9.17, 15) is 9.59 Å². The highest BCUT2D eigenvalue weighted by atomic mass is 16.2. The first-order chi connectivity index (χ1) is 7.40. The molecule has 0 aromatic carbocycles. The Kier molecular flexibility index (Phi) is 3.28. The molecule has 7 heteroatoms. The minimum atomic E-state index is -0.549.